The number of rotatable bonds is 7. The first-order valence-electron chi connectivity index (χ1n) is 6.72. The van der Waals surface area contributed by atoms with E-state index < -0.39 is 14.9 Å². The Balaban J connectivity index is 1.96. The highest BCUT2D eigenvalue weighted by Gasteiger charge is 2.15. The van der Waals surface area contributed by atoms with Gasteiger partial charge in [0, 0.05) is 29.2 Å². The molecular formula is C14H13Cl2N3O4S. The number of anilines is 1. The minimum atomic E-state index is -3.67. The van der Waals surface area contributed by atoms with Crippen molar-refractivity contribution in [2.24, 2.45) is 0 Å². The van der Waals surface area contributed by atoms with Gasteiger partial charge in [0.1, 0.15) is 5.69 Å². The molecule has 24 heavy (non-hydrogen) atoms. The fourth-order valence-corrected chi connectivity index (χ4v) is 3.21. The third-order valence-electron chi connectivity index (χ3n) is 3.01. The summed E-state index contributed by atoms with van der Waals surface area (Å²) < 4.78 is 26.5. The zero-order valence-corrected chi connectivity index (χ0v) is 14.5. The molecule has 2 aromatic rings. The quantitative estimate of drug-likeness (QED) is 0.429. The van der Waals surface area contributed by atoms with Crippen molar-refractivity contribution in [3.63, 3.8) is 0 Å². The van der Waals surface area contributed by atoms with Crippen molar-refractivity contribution < 1.29 is 13.3 Å². The van der Waals surface area contributed by atoms with Crippen LogP contribution in [-0.4, -0.2) is 26.4 Å². The molecule has 0 heterocycles. The van der Waals surface area contributed by atoms with Gasteiger partial charge < -0.3 is 5.32 Å². The van der Waals surface area contributed by atoms with E-state index in [0.717, 1.165) is 0 Å². The highest BCUT2D eigenvalue weighted by Crippen LogP contribution is 2.27. The summed E-state index contributed by atoms with van der Waals surface area (Å²) in [5.41, 5.74) is 0.0816. The molecule has 0 bridgehead atoms. The van der Waals surface area contributed by atoms with Crippen molar-refractivity contribution in [2.75, 3.05) is 18.4 Å². The Hall–Kier alpha value is -1.87. The third-order valence-corrected chi connectivity index (χ3v) is 4.98. The molecule has 0 saturated heterocycles. The summed E-state index contributed by atoms with van der Waals surface area (Å²) in [6, 6.07) is 9.94. The average Bonchev–Trinajstić information content (AvgIpc) is 2.53. The second-order valence-corrected chi connectivity index (χ2v) is 7.34. The second kappa shape index (κ2) is 7.80. The van der Waals surface area contributed by atoms with Crippen LogP contribution in [0.25, 0.3) is 0 Å². The maximum absolute atomic E-state index is 12.1. The van der Waals surface area contributed by atoms with Crippen molar-refractivity contribution in [2.45, 2.75) is 4.90 Å². The summed E-state index contributed by atoms with van der Waals surface area (Å²) in [6.07, 6.45) is 0. The van der Waals surface area contributed by atoms with Gasteiger partial charge in [0.15, 0.2) is 0 Å². The zero-order valence-electron chi connectivity index (χ0n) is 12.2. The molecular weight excluding hydrogens is 377 g/mol. The van der Waals surface area contributed by atoms with Crippen LogP contribution in [0.5, 0.6) is 0 Å². The van der Waals surface area contributed by atoms with E-state index in [0.29, 0.717) is 5.02 Å². The van der Waals surface area contributed by atoms with Crippen LogP contribution in [0.15, 0.2) is 47.4 Å². The lowest BCUT2D eigenvalue weighted by molar-refractivity contribution is -0.383. The van der Waals surface area contributed by atoms with Crippen molar-refractivity contribution in [1.82, 2.24) is 4.72 Å². The number of benzene rings is 2. The summed E-state index contributed by atoms with van der Waals surface area (Å²) in [5.74, 6) is 0. The van der Waals surface area contributed by atoms with E-state index in [1.54, 1.807) is 0 Å². The molecule has 0 aliphatic carbocycles. The minimum Gasteiger partial charge on any atom is -0.378 e. The normalized spacial score (nSPS) is 11.2. The van der Waals surface area contributed by atoms with Crippen LogP contribution in [0.4, 0.5) is 11.4 Å². The van der Waals surface area contributed by atoms with E-state index >= 15 is 0 Å². The molecule has 2 aromatic carbocycles. The van der Waals surface area contributed by atoms with Crippen molar-refractivity contribution in [1.29, 1.82) is 0 Å². The molecule has 0 radical (unpaired) electrons. The van der Waals surface area contributed by atoms with Gasteiger partial charge in [-0.05, 0) is 36.4 Å². The summed E-state index contributed by atoms with van der Waals surface area (Å²) in [4.78, 5) is 10.5. The lowest BCUT2D eigenvalue weighted by Crippen LogP contribution is -2.29. The second-order valence-electron chi connectivity index (χ2n) is 4.70. The van der Waals surface area contributed by atoms with E-state index in [4.69, 9.17) is 23.2 Å². The standard InChI is InChI=1S/C14H13Cl2N3O4S/c15-10-1-4-12(5-2-10)24(22,23)18-8-7-17-13-6-3-11(16)9-14(13)19(20)21/h1-6,9,17-18H,7-8H2. The van der Waals surface area contributed by atoms with Crippen LogP contribution in [0, 0.1) is 10.1 Å². The Morgan fingerprint density at radius 2 is 1.62 bits per heavy atom. The molecule has 10 heteroatoms. The van der Waals surface area contributed by atoms with Crippen LogP contribution < -0.4 is 10.0 Å². The first-order chi connectivity index (χ1) is 11.3. The fourth-order valence-electron chi connectivity index (χ4n) is 1.88. The Labute approximate surface area is 148 Å². The van der Waals surface area contributed by atoms with Crippen LogP contribution in [0.1, 0.15) is 0 Å². The number of nitrogens with zero attached hydrogens (tertiary/aromatic N) is 1. The van der Waals surface area contributed by atoms with Gasteiger partial charge >= 0.3 is 0 Å². The molecule has 0 unspecified atom stereocenters. The van der Waals surface area contributed by atoms with E-state index in [1.165, 1.54) is 42.5 Å². The highest BCUT2D eigenvalue weighted by atomic mass is 35.5. The topological polar surface area (TPSA) is 101 Å². The highest BCUT2D eigenvalue weighted by molar-refractivity contribution is 7.89. The predicted octanol–water partition coefficient (Wildman–Crippen LogP) is 3.29. The van der Waals surface area contributed by atoms with Gasteiger partial charge in [-0.3, -0.25) is 10.1 Å². The first kappa shape index (κ1) is 18.5. The molecule has 0 saturated carbocycles. The predicted molar refractivity (Wildman–Crippen MR) is 93.2 cm³/mol. The molecule has 0 aliphatic heterocycles. The smallest absolute Gasteiger partial charge is 0.293 e. The van der Waals surface area contributed by atoms with E-state index in [9.17, 15) is 18.5 Å². The number of hydrogen-bond acceptors (Lipinski definition) is 5. The van der Waals surface area contributed by atoms with Gasteiger partial charge in [0.25, 0.3) is 5.69 Å². The summed E-state index contributed by atoms with van der Waals surface area (Å²) >= 11 is 11.4. The number of nitrogens with one attached hydrogen (secondary N) is 2. The first-order valence-corrected chi connectivity index (χ1v) is 8.96. The molecule has 0 amide bonds. The number of nitro groups is 1. The fraction of sp³-hybridized carbons (Fsp3) is 0.143. The number of halogens is 2. The van der Waals surface area contributed by atoms with Gasteiger partial charge in [-0.25, -0.2) is 13.1 Å². The molecule has 2 rings (SSSR count). The molecule has 0 aliphatic rings. The van der Waals surface area contributed by atoms with Crippen LogP contribution in [0.3, 0.4) is 0 Å². The van der Waals surface area contributed by atoms with E-state index in [1.807, 2.05) is 0 Å². The molecule has 0 atom stereocenters. The summed E-state index contributed by atoms with van der Waals surface area (Å²) in [7, 11) is -3.67. The van der Waals surface area contributed by atoms with Crippen LogP contribution >= 0.6 is 23.2 Å². The molecule has 128 valence electrons. The van der Waals surface area contributed by atoms with Gasteiger partial charge in [-0.2, -0.15) is 0 Å². The maximum atomic E-state index is 12.1. The number of sulfonamides is 1. The third kappa shape index (κ3) is 4.81. The summed E-state index contributed by atoms with van der Waals surface area (Å²) in [5, 5.41) is 14.5. The maximum Gasteiger partial charge on any atom is 0.293 e. The lowest BCUT2D eigenvalue weighted by atomic mass is 10.2. The average molecular weight is 390 g/mol. The molecule has 0 aromatic heterocycles. The van der Waals surface area contributed by atoms with Gasteiger partial charge in [0.05, 0.1) is 9.82 Å². The van der Waals surface area contributed by atoms with Gasteiger partial charge in [-0.1, -0.05) is 23.2 Å². The van der Waals surface area contributed by atoms with Gasteiger partial charge in [-0.15, -0.1) is 0 Å². The van der Waals surface area contributed by atoms with E-state index in [-0.39, 0.29) is 34.4 Å². The SMILES string of the molecule is O=[N+]([O-])c1cc(Cl)ccc1NCCNS(=O)(=O)c1ccc(Cl)cc1. The van der Waals surface area contributed by atoms with Crippen molar-refractivity contribution in [3.8, 4) is 0 Å². The zero-order chi connectivity index (χ0) is 17.7. The Morgan fingerprint density at radius 3 is 2.25 bits per heavy atom. The minimum absolute atomic E-state index is 0.0464. The number of hydrogen-bond donors (Lipinski definition) is 2. The van der Waals surface area contributed by atoms with Crippen molar-refractivity contribution >= 4 is 44.6 Å². The van der Waals surface area contributed by atoms with Gasteiger partial charge in [0.2, 0.25) is 10.0 Å². The van der Waals surface area contributed by atoms with Crippen LogP contribution in [-0.2, 0) is 10.0 Å². The molecule has 2 N–H and O–H groups in total. The number of nitro benzene ring substituents is 1. The largest absolute Gasteiger partial charge is 0.378 e. The molecule has 0 fully saturated rings. The Bertz CT molecular complexity index is 842. The Morgan fingerprint density at radius 1 is 1.00 bits per heavy atom. The molecule has 7 nitrogen and oxygen atoms in total. The Kier molecular flexibility index (Phi) is 6.00. The van der Waals surface area contributed by atoms with Crippen molar-refractivity contribution in [3.05, 3.63) is 62.6 Å². The summed E-state index contributed by atoms with van der Waals surface area (Å²) in [6.45, 7) is 0.208. The molecule has 0 spiro atoms. The lowest BCUT2D eigenvalue weighted by Gasteiger charge is -2.09. The monoisotopic (exact) mass is 389 g/mol. The van der Waals surface area contributed by atoms with E-state index in [2.05, 4.69) is 10.0 Å². The van der Waals surface area contributed by atoms with Crippen LogP contribution in [0.2, 0.25) is 10.0 Å².